The summed E-state index contributed by atoms with van der Waals surface area (Å²) >= 11 is 0. The molecule has 0 saturated carbocycles. The van der Waals surface area contributed by atoms with Gasteiger partial charge in [-0.05, 0) is 43.2 Å². The maximum Gasteiger partial charge on any atom is 0.0509 e. The van der Waals surface area contributed by atoms with Gasteiger partial charge < -0.3 is 15.4 Å². The fourth-order valence-electron chi connectivity index (χ4n) is 3.11. The largest absolute Gasteiger partial charge is 0.385 e. The Morgan fingerprint density at radius 3 is 3.26 bits per heavy atom. The zero-order valence-electron chi connectivity index (χ0n) is 11.7. The molecule has 2 heterocycles. The maximum atomic E-state index is 5.47. The molecule has 3 heteroatoms. The van der Waals surface area contributed by atoms with Crippen molar-refractivity contribution in [2.24, 2.45) is 5.92 Å². The van der Waals surface area contributed by atoms with E-state index >= 15 is 0 Å². The predicted octanol–water partition coefficient (Wildman–Crippen LogP) is 2.56. The number of rotatable bonds is 4. The molecule has 3 nitrogen and oxygen atoms in total. The molecule has 2 N–H and O–H groups in total. The van der Waals surface area contributed by atoms with Crippen LogP contribution in [0.25, 0.3) is 0 Å². The van der Waals surface area contributed by atoms with Crippen molar-refractivity contribution >= 4 is 5.69 Å². The lowest BCUT2D eigenvalue weighted by Crippen LogP contribution is -2.33. The molecule has 104 valence electrons. The second kappa shape index (κ2) is 5.93. The summed E-state index contributed by atoms with van der Waals surface area (Å²) in [6.45, 7) is 6.18. The monoisotopic (exact) mass is 260 g/mol. The Balaban J connectivity index is 1.63. The zero-order valence-corrected chi connectivity index (χ0v) is 11.7. The number of hydrogen-bond acceptors (Lipinski definition) is 3. The highest BCUT2D eigenvalue weighted by molar-refractivity contribution is 5.59. The Kier molecular flexibility index (Phi) is 4.04. The first-order chi connectivity index (χ1) is 9.34. The average Bonchev–Trinajstić information content (AvgIpc) is 2.99. The van der Waals surface area contributed by atoms with Crippen molar-refractivity contribution < 1.29 is 4.74 Å². The first-order valence-corrected chi connectivity index (χ1v) is 7.50. The minimum Gasteiger partial charge on any atom is -0.385 e. The molecular formula is C16H24N2O. The van der Waals surface area contributed by atoms with Crippen LogP contribution in [0.3, 0.4) is 0 Å². The van der Waals surface area contributed by atoms with E-state index in [2.05, 4.69) is 35.8 Å². The number of fused-ring (bicyclic) bond motifs is 1. The molecule has 0 amide bonds. The summed E-state index contributed by atoms with van der Waals surface area (Å²) in [7, 11) is 0. The van der Waals surface area contributed by atoms with E-state index in [4.69, 9.17) is 4.74 Å². The van der Waals surface area contributed by atoms with Crippen molar-refractivity contribution in [2.75, 3.05) is 25.1 Å². The molecule has 19 heavy (non-hydrogen) atoms. The Morgan fingerprint density at radius 1 is 1.47 bits per heavy atom. The number of benzene rings is 1. The van der Waals surface area contributed by atoms with Crippen LogP contribution in [0.15, 0.2) is 18.2 Å². The highest BCUT2D eigenvalue weighted by Crippen LogP contribution is 2.26. The van der Waals surface area contributed by atoms with E-state index in [0.717, 1.165) is 26.3 Å². The molecule has 0 spiro atoms. The lowest BCUT2D eigenvalue weighted by Gasteiger charge is -2.24. The molecule has 0 aliphatic carbocycles. The van der Waals surface area contributed by atoms with E-state index in [1.807, 2.05) is 0 Å². The molecule has 2 unspecified atom stereocenters. The van der Waals surface area contributed by atoms with E-state index in [-0.39, 0.29) is 0 Å². The summed E-state index contributed by atoms with van der Waals surface area (Å²) < 4.78 is 5.47. The molecular weight excluding hydrogens is 236 g/mol. The molecule has 2 atom stereocenters. The maximum absolute atomic E-state index is 5.47. The van der Waals surface area contributed by atoms with E-state index in [0.29, 0.717) is 12.0 Å². The van der Waals surface area contributed by atoms with Gasteiger partial charge in [-0.1, -0.05) is 18.2 Å². The first kappa shape index (κ1) is 12.9. The van der Waals surface area contributed by atoms with Gasteiger partial charge in [0.05, 0.1) is 6.61 Å². The van der Waals surface area contributed by atoms with Crippen molar-refractivity contribution in [3.63, 3.8) is 0 Å². The standard InChI is InChI=1S/C16H24N2O/c1-12(15-7-9-19-11-15)18-10-14-5-2-4-13-6-3-8-17-16(13)14/h2,4-5,12,15,17-18H,3,6-11H2,1H3. The Hall–Kier alpha value is -1.06. The van der Waals surface area contributed by atoms with Gasteiger partial charge in [0.25, 0.3) is 0 Å². The van der Waals surface area contributed by atoms with Crippen molar-refractivity contribution in [1.82, 2.24) is 5.32 Å². The van der Waals surface area contributed by atoms with Gasteiger partial charge in [-0.15, -0.1) is 0 Å². The van der Waals surface area contributed by atoms with Crippen LogP contribution in [0.1, 0.15) is 30.9 Å². The molecule has 1 aromatic carbocycles. The van der Waals surface area contributed by atoms with Gasteiger partial charge in [0.1, 0.15) is 0 Å². The second-order valence-corrected chi connectivity index (χ2v) is 5.77. The third-order valence-corrected chi connectivity index (χ3v) is 4.45. The number of nitrogens with one attached hydrogen (secondary N) is 2. The number of para-hydroxylation sites is 1. The van der Waals surface area contributed by atoms with Crippen molar-refractivity contribution in [1.29, 1.82) is 0 Å². The molecule has 1 saturated heterocycles. The van der Waals surface area contributed by atoms with Crippen LogP contribution in [0.4, 0.5) is 5.69 Å². The van der Waals surface area contributed by atoms with Crippen LogP contribution in [0.2, 0.25) is 0 Å². The molecule has 0 radical (unpaired) electrons. The Bertz CT molecular complexity index is 427. The third-order valence-electron chi connectivity index (χ3n) is 4.45. The SMILES string of the molecule is CC(NCc1cccc2c1NCCC2)C1CCOC1. The minimum atomic E-state index is 0.530. The van der Waals surface area contributed by atoms with E-state index in [1.165, 1.54) is 36.1 Å². The molecule has 3 rings (SSSR count). The zero-order chi connectivity index (χ0) is 13.1. The van der Waals surface area contributed by atoms with Crippen LogP contribution in [0, 0.1) is 5.92 Å². The summed E-state index contributed by atoms with van der Waals surface area (Å²) in [6.07, 6.45) is 3.65. The summed E-state index contributed by atoms with van der Waals surface area (Å²) in [4.78, 5) is 0. The lowest BCUT2D eigenvalue weighted by atomic mass is 9.98. The topological polar surface area (TPSA) is 33.3 Å². The number of anilines is 1. The van der Waals surface area contributed by atoms with Gasteiger partial charge in [-0.3, -0.25) is 0 Å². The number of ether oxygens (including phenoxy) is 1. The van der Waals surface area contributed by atoms with Gasteiger partial charge in [0.15, 0.2) is 0 Å². The third kappa shape index (κ3) is 2.93. The van der Waals surface area contributed by atoms with Crippen LogP contribution in [0.5, 0.6) is 0 Å². The lowest BCUT2D eigenvalue weighted by molar-refractivity contribution is 0.178. The van der Waals surface area contributed by atoms with Gasteiger partial charge >= 0.3 is 0 Å². The summed E-state index contributed by atoms with van der Waals surface area (Å²) in [5.41, 5.74) is 4.25. The van der Waals surface area contributed by atoms with E-state index in [9.17, 15) is 0 Å². The molecule has 0 bridgehead atoms. The van der Waals surface area contributed by atoms with Crippen LogP contribution < -0.4 is 10.6 Å². The average molecular weight is 260 g/mol. The molecule has 2 aliphatic rings. The Morgan fingerprint density at radius 2 is 2.42 bits per heavy atom. The van der Waals surface area contributed by atoms with Crippen molar-refractivity contribution in [3.8, 4) is 0 Å². The minimum absolute atomic E-state index is 0.530. The summed E-state index contributed by atoms with van der Waals surface area (Å²) in [5, 5.41) is 7.23. The molecule has 0 aromatic heterocycles. The predicted molar refractivity (Wildman–Crippen MR) is 78.5 cm³/mol. The normalized spacial score (nSPS) is 23.7. The van der Waals surface area contributed by atoms with Crippen LogP contribution in [-0.4, -0.2) is 25.8 Å². The van der Waals surface area contributed by atoms with Crippen molar-refractivity contribution in [3.05, 3.63) is 29.3 Å². The smallest absolute Gasteiger partial charge is 0.0509 e. The van der Waals surface area contributed by atoms with Crippen LogP contribution in [-0.2, 0) is 17.7 Å². The van der Waals surface area contributed by atoms with E-state index in [1.54, 1.807) is 0 Å². The van der Waals surface area contributed by atoms with Crippen molar-refractivity contribution in [2.45, 2.75) is 38.8 Å². The van der Waals surface area contributed by atoms with Gasteiger partial charge in [0.2, 0.25) is 0 Å². The quantitative estimate of drug-likeness (QED) is 0.873. The number of hydrogen-bond donors (Lipinski definition) is 2. The van der Waals surface area contributed by atoms with Gasteiger partial charge in [-0.2, -0.15) is 0 Å². The highest BCUT2D eigenvalue weighted by atomic mass is 16.5. The Labute approximate surface area is 115 Å². The molecule has 1 aromatic rings. The second-order valence-electron chi connectivity index (χ2n) is 5.77. The van der Waals surface area contributed by atoms with E-state index < -0.39 is 0 Å². The fraction of sp³-hybridized carbons (Fsp3) is 0.625. The number of aryl methyl sites for hydroxylation is 1. The van der Waals surface area contributed by atoms with Gasteiger partial charge in [-0.25, -0.2) is 0 Å². The molecule has 1 fully saturated rings. The van der Waals surface area contributed by atoms with Gasteiger partial charge in [0, 0.05) is 31.4 Å². The van der Waals surface area contributed by atoms with Crippen LogP contribution >= 0.6 is 0 Å². The highest BCUT2D eigenvalue weighted by Gasteiger charge is 2.22. The summed E-state index contributed by atoms with van der Waals surface area (Å²) in [5.74, 6) is 0.674. The summed E-state index contributed by atoms with van der Waals surface area (Å²) in [6, 6.07) is 7.20. The first-order valence-electron chi connectivity index (χ1n) is 7.50. The molecule has 2 aliphatic heterocycles. The fourth-order valence-corrected chi connectivity index (χ4v) is 3.11.